The molecule has 18 heavy (non-hydrogen) atoms. The van der Waals surface area contributed by atoms with E-state index >= 15 is 0 Å². The molecule has 0 bridgehead atoms. The van der Waals surface area contributed by atoms with Gasteiger partial charge in [0.15, 0.2) is 5.82 Å². The van der Waals surface area contributed by atoms with E-state index in [-0.39, 0.29) is 0 Å². The molecule has 3 aromatic rings. The Morgan fingerprint density at radius 2 is 2.11 bits per heavy atom. The van der Waals surface area contributed by atoms with Gasteiger partial charge in [-0.05, 0) is 24.6 Å². The fourth-order valence-corrected chi connectivity index (χ4v) is 2.28. The van der Waals surface area contributed by atoms with Crippen LogP contribution in [0.3, 0.4) is 0 Å². The molecule has 0 N–H and O–H groups in total. The molecule has 0 atom stereocenters. The van der Waals surface area contributed by atoms with Crippen molar-refractivity contribution < 1.29 is 0 Å². The molecule has 92 valence electrons. The first-order chi connectivity index (χ1) is 8.69. The Morgan fingerprint density at radius 1 is 1.28 bits per heavy atom. The zero-order valence-electron chi connectivity index (χ0n) is 10.3. The predicted octanol–water partition coefficient (Wildman–Crippen LogP) is 2.81. The van der Waals surface area contributed by atoms with Gasteiger partial charge in [-0.15, -0.1) is 11.6 Å². The van der Waals surface area contributed by atoms with Crippen LogP contribution in [0.4, 0.5) is 0 Å². The van der Waals surface area contributed by atoms with E-state index in [1.165, 1.54) is 5.56 Å². The summed E-state index contributed by atoms with van der Waals surface area (Å²) in [6.45, 7) is 2.07. The Kier molecular flexibility index (Phi) is 2.59. The van der Waals surface area contributed by atoms with Crippen molar-refractivity contribution in [2.24, 2.45) is 7.05 Å². The van der Waals surface area contributed by atoms with Crippen molar-refractivity contribution in [2.45, 2.75) is 12.8 Å². The molecule has 0 unspecified atom stereocenters. The van der Waals surface area contributed by atoms with Gasteiger partial charge in [-0.2, -0.15) is 5.10 Å². The molecule has 5 heteroatoms. The average Bonchev–Trinajstić information content (AvgIpc) is 2.91. The summed E-state index contributed by atoms with van der Waals surface area (Å²) in [5.41, 5.74) is 3.19. The lowest BCUT2D eigenvalue weighted by Gasteiger charge is -2.03. The summed E-state index contributed by atoms with van der Waals surface area (Å²) in [5.74, 6) is 2.03. The van der Waals surface area contributed by atoms with E-state index in [0.29, 0.717) is 5.88 Å². The number of fused-ring (bicyclic) bond motifs is 1. The fraction of sp³-hybridized carbons (Fsp3) is 0.231. The van der Waals surface area contributed by atoms with Crippen LogP contribution in [0.25, 0.3) is 16.9 Å². The van der Waals surface area contributed by atoms with Crippen molar-refractivity contribution in [2.75, 3.05) is 0 Å². The molecule has 4 nitrogen and oxygen atoms in total. The smallest absolute Gasteiger partial charge is 0.160 e. The van der Waals surface area contributed by atoms with Gasteiger partial charge in [0.25, 0.3) is 0 Å². The zero-order chi connectivity index (χ0) is 12.7. The number of rotatable bonds is 2. The van der Waals surface area contributed by atoms with Gasteiger partial charge < -0.3 is 0 Å². The third-order valence-corrected chi connectivity index (χ3v) is 3.17. The molecule has 0 radical (unpaired) electrons. The van der Waals surface area contributed by atoms with Crippen LogP contribution in [-0.4, -0.2) is 19.3 Å². The molecule has 0 aliphatic heterocycles. The number of benzene rings is 1. The van der Waals surface area contributed by atoms with Gasteiger partial charge in [0.2, 0.25) is 0 Å². The summed E-state index contributed by atoms with van der Waals surface area (Å²) in [6.07, 6.45) is 1.91. The SMILES string of the molecule is Cc1ccc2nc(CCl)n(-c3ccn(C)n3)c2c1. The Labute approximate surface area is 110 Å². The number of aryl methyl sites for hydroxylation is 2. The number of hydrogen-bond donors (Lipinski definition) is 0. The van der Waals surface area contributed by atoms with Crippen LogP contribution in [0.5, 0.6) is 0 Å². The summed E-state index contributed by atoms with van der Waals surface area (Å²) < 4.78 is 3.78. The van der Waals surface area contributed by atoms with Gasteiger partial charge in [0.1, 0.15) is 5.82 Å². The molecule has 2 heterocycles. The van der Waals surface area contributed by atoms with E-state index < -0.39 is 0 Å². The maximum absolute atomic E-state index is 5.98. The van der Waals surface area contributed by atoms with Gasteiger partial charge in [0.05, 0.1) is 16.9 Å². The van der Waals surface area contributed by atoms with Crippen LogP contribution in [0.15, 0.2) is 30.5 Å². The number of hydrogen-bond acceptors (Lipinski definition) is 2. The number of halogens is 1. The molecule has 0 saturated carbocycles. The minimum absolute atomic E-state index is 0.365. The Hall–Kier alpha value is -1.81. The largest absolute Gasteiger partial charge is 0.278 e. The maximum Gasteiger partial charge on any atom is 0.160 e. The van der Waals surface area contributed by atoms with E-state index in [1.54, 1.807) is 4.68 Å². The first-order valence-electron chi connectivity index (χ1n) is 5.73. The third-order valence-electron chi connectivity index (χ3n) is 2.93. The highest BCUT2D eigenvalue weighted by molar-refractivity contribution is 6.17. The van der Waals surface area contributed by atoms with Crippen LogP contribution in [0.1, 0.15) is 11.4 Å². The topological polar surface area (TPSA) is 35.6 Å². The lowest BCUT2D eigenvalue weighted by atomic mass is 10.2. The summed E-state index contributed by atoms with van der Waals surface area (Å²) in [5, 5.41) is 4.42. The normalized spacial score (nSPS) is 11.3. The van der Waals surface area contributed by atoms with E-state index in [0.717, 1.165) is 22.7 Å². The van der Waals surface area contributed by atoms with Crippen molar-refractivity contribution in [3.05, 3.63) is 41.9 Å². The Bertz CT molecular complexity index is 711. The van der Waals surface area contributed by atoms with Gasteiger partial charge in [0, 0.05) is 19.3 Å². The van der Waals surface area contributed by atoms with Crippen molar-refractivity contribution >= 4 is 22.6 Å². The second kappa shape index (κ2) is 4.14. The molecule has 0 amide bonds. The van der Waals surface area contributed by atoms with Crippen molar-refractivity contribution in [1.82, 2.24) is 19.3 Å². The highest BCUT2D eigenvalue weighted by Gasteiger charge is 2.13. The first-order valence-corrected chi connectivity index (χ1v) is 6.26. The van der Waals surface area contributed by atoms with E-state index in [2.05, 4.69) is 29.1 Å². The van der Waals surface area contributed by atoms with Crippen LogP contribution in [-0.2, 0) is 12.9 Å². The van der Waals surface area contributed by atoms with Crippen LogP contribution in [0.2, 0.25) is 0 Å². The molecule has 3 rings (SSSR count). The quantitative estimate of drug-likeness (QED) is 0.664. The maximum atomic E-state index is 5.98. The van der Waals surface area contributed by atoms with Crippen LogP contribution in [0, 0.1) is 6.92 Å². The fourth-order valence-electron chi connectivity index (χ4n) is 2.10. The predicted molar refractivity (Wildman–Crippen MR) is 72.1 cm³/mol. The van der Waals surface area contributed by atoms with Crippen molar-refractivity contribution in [3.63, 3.8) is 0 Å². The molecule has 0 spiro atoms. The van der Waals surface area contributed by atoms with Gasteiger partial charge in [-0.25, -0.2) is 4.98 Å². The second-order valence-electron chi connectivity index (χ2n) is 4.34. The number of nitrogens with zero attached hydrogens (tertiary/aromatic N) is 4. The number of aromatic nitrogens is 4. The standard InChI is InChI=1S/C13H13ClN4/c1-9-3-4-10-11(7-9)18(13(8-14)15-10)12-5-6-17(2)16-12/h3-7H,8H2,1-2H3. The molecule has 0 aliphatic carbocycles. The number of alkyl halides is 1. The van der Waals surface area contributed by atoms with E-state index in [1.807, 2.05) is 29.9 Å². The molecule has 0 fully saturated rings. The lowest BCUT2D eigenvalue weighted by Crippen LogP contribution is -2.01. The lowest BCUT2D eigenvalue weighted by molar-refractivity contribution is 0.749. The average molecular weight is 261 g/mol. The third kappa shape index (κ3) is 1.69. The monoisotopic (exact) mass is 260 g/mol. The molecule has 0 saturated heterocycles. The Morgan fingerprint density at radius 3 is 2.78 bits per heavy atom. The van der Waals surface area contributed by atoms with Gasteiger partial charge in [-0.1, -0.05) is 6.07 Å². The zero-order valence-corrected chi connectivity index (χ0v) is 11.0. The highest BCUT2D eigenvalue weighted by atomic mass is 35.5. The molecular weight excluding hydrogens is 248 g/mol. The van der Waals surface area contributed by atoms with Gasteiger partial charge in [-0.3, -0.25) is 9.25 Å². The molecule has 1 aromatic carbocycles. The van der Waals surface area contributed by atoms with Crippen LogP contribution >= 0.6 is 11.6 Å². The van der Waals surface area contributed by atoms with Crippen LogP contribution < -0.4 is 0 Å². The Balaban J connectivity index is 2.34. The summed E-state index contributed by atoms with van der Waals surface area (Å²) in [4.78, 5) is 4.54. The minimum Gasteiger partial charge on any atom is -0.278 e. The molecule has 2 aromatic heterocycles. The van der Waals surface area contributed by atoms with E-state index in [9.17, 15) is 0 Å². The van der Waals surface area contributed by atoms with Crippen molar-refractivity contribution in [3.8, 4) is 5.82 Å². The van der Waals surface area contributed by atoms with E-state index in [4.69, 9.17) is 11.6 Å². The highest BCUT2D eigenvalue weighted by Crippen LogP contribution is 2.22. The summed E-state index contributed by atoms with van der Waals surface area (Å²) in [7, 11) is 1.90. The number of imidazole rings is 1. The minimum atomic E-state index is 0.365. The summed E-state index contributed by atoms with van der Waals surface area (Å²) in [6, 6.07) is 8.13. The molecule has 0 aliphatic rings. The first kappa shape index (κ1) is 11.3. The van der Waals surface area contributed by atoms with Crippen molar-refractivity contribution in [1.29, 1.82) is 0 Å². The van der Waals surface area contributed by atoms with Gasteiger partial charge >= 0.3 is 0 Å². The summed E-state index contributed by atoms with van der Waals surface area (Å²) >= 11 is 5.98. The second-order valence-corrected chi connectivity index (χ2v) is 4.60. The molecular formula is C13H13ClN4.